The fraction of sp³-hybridized carbons (Fsp3) is 0.846. The third-order valence-corrected chi connectivity index (χ3v) is 1.85. The summed E-state index contributed by atoms with van der Waals surface area (Å²) in [6.07, 6.45) is 1.56. The summed E-state index contributed by atoms with van der Waals surface area (Å²) in [7, 11) is 0. The van der Waals surface area contributed by atoms with Crippen molar-refractivity contribution in [3.8, 4) is 0 Å². The molecule has 0 aliphatic rings. The quantitative estimate of drug-likeness (QED) is 0.565. The van der Waals surface area contributed by atoms with Gasteiger partial charge in [0, 0.05) is 13.5 Å². The van der Waals surface area contributed by atoms with Gasteiger partial charge in [0.1, 0.15) is 13.2 Å². The second kappa shape index (κ2) is 13.8. The van der Waals surface area contributed by atoms with Gasteiger partial charge < -0.3 is 14.8 Å². The van der Waals surface area contributed by atoms with Crippen molar-refractivity contribution in [2.75, 3.05) is 19.8 Å². The van der Waals surface area contributed by atoms with Crippen LogP contribution in [0.5, 0.6) is 0 Å². The molecule has 108 valence electrons. The van der Waals surface area contributed by atoms with Crippen LogP contribution in [0.25, 0.3) is 0 Å². The highest BCUT2D eigenvalue weighted by atomic mass is 16.6. The Morgan fingerprint density at radius 3 is 2.17 bits per heavy atom. The summed E-state index contributed by atoms with van der Waals surface area (Å²) >= 11 is 0. The molecule has 0 aliphatic heterocycles. The zero-order valence-electron chi connectivity index (χ0n) is 12.2. The molecule has 0 spiro atoms. The van der Waals surface area contributed by atoms with E-state index in [1.807, 2.05) is 13.8 Å². The first-order chi connectivity index (χ1) is 8.52. The van der Waals surface area contributed by atoms with E-state index in [-0.39, 0.29) is 19.2 Å². The molecule has 0 unspecified atom stereocenters. The minimum atomic E-state index is -0.462. The molecule has 18 heavy (non-hydrogen) atoms. The molecule has 0 radical (unpaired) electrons. The molecule has 0 fully saturated rings. The molecule has 5 nitrogen and oxygen atoms in total. The number of esters is 1. The molecule has 0 rings (SSSR count). The summed E-state index contributed by atoms with van der Waals surface area (Å²) in [6, 6.07) is 0. The average Bonchev–Trinajstić information content (AvgIpc) is 2.32. The third kappa shape index (κ3) is 17.1. The Labute approximate surface area is 110 Å². The van der Waals surface area contributed by atoms with Crippen molar-refractivity contribution in [2.24, 2.45) is 5.92 Å². The van der Waals surface area contributed by atoms with E-state index in [1.165, 1.54) is 6.92 Å². The number of hydrogen-bond donors (Lipinski definition) is 1. The number of hydrogen-bond acceptors (Lipinski definition) is 4. The van der Waals surface area contributed by atoms with Crippen LogP contribution in [0, 0.1) is 5.92 Å². The molecular weight excluding hydrogens is 234 g/mol. The molecule has 0 aromatic rings. The summed E-state index contributed by atoms with van der Waals surface area (Å²) in [5.41, 5.74) is 0. The minimum absolute atomic E-state index is 0.0929. The van der Waals surface area contributed by atoms with Crippen LogP contribution in [0.4, 0.5) is 4.79 Å². The van der Waals surface area contributed by atoms with Crippen molar-refractivity contribution in [2.45, 2.75) is 47.5 Å². The molecule has 0 aliphatic carbocycles. The van der Waals surface area contributed by atoms with Gasteiger partial charge in [0.05, 0.1) is 0 Å². The molecule has 0 bridgehead atoms. The van der Waals surface area contributed by atoms with E-state index in [4.69, 9.17) is 4.74 Å². The number of alkyl carbamates (subject to hydrolysis) is 1. The predicted octanol–water partition coefficient (Wildman–Crippen LogP) is 2.74. The number of rotatable bonds is 7. The zero-order valence-corrected chi connectivity index (χ0v) is 12.2. The van der Waals surface area contributed by atoms with E-state index >= 15 is 0 Å². The maximum atomic E-state index is 11.1. The Kier molecular flexibility index (Phi) is 14.6. The van der Waals surface area contributed by atoms with E-state index in [0.29, 0.717) is 12.5 Å². The Hall–Kier alpha value is -1.26. The van der Waals surface area contributed by atoms with E-state index < -0.39 is 6.09 Å². The molecule has 0 aromatic carbocycles. The monoisotopic (exact) mass is 261 g/mol. The van der Waals surface area contributed by atoms with Crippen LogP contribution in [0.15, 0.2) is 0 Å². The highest BCUT2D eigenvalue weighted by Gasteiger charge is 2.01. The molecule has 0 atom stereocenters. The number of carbonyl (C=O) groups excluding carboxylic acids is 2. The van der Waals surface area contributed by atoms with E-state index in [1.54, 1.807) is 0 Å². The van der Waals surface area contributed by atoms with Gasteiger partial charge in [-0.3, -0.25) is 4.79 Å². The zero-order chi connectivity index (χ0) is 14.4. The summed E-state index contributed by atoms with van der Waals surface area (Å²) in [5, 5.41) is 2.62. The molecule has 0 heterocycles. The van der Waals surface area contributed by atoms with E-state index in [0.717, 1.165) is 12.8 Å². The maximum absolute atomic E-state index is 11.1. The Bertz CT molecular complexity index is 217. The lowest BCUT2D eigenvalue weighted by molar-refractivity contribution is -0.141. The van der Waals surface area contributed by atoms with Crippen molar-refractivity contribution in [3.05, 3.63) is 0 Å². The second-order valence-electron chi connectivity index (χ2n) is 3.94. The van der Waals surface area contributed by atoms with Gasteiger partial charge in [-0.25, -0.2) is 4.79 Å². The Morgan fingerprint density at radius 1 is 1.11 bits per heavy atom. The van der Waals surface area contributed by atoms with Crippen LogP contribution in [-0.4, -0.2) is 31.8 Å². The van der Waals surface area contributed by atoms with Crippen LogP contribution >= 0.6 is 0 Å². The molecule has 0 saturated heterocycles. The van der Waals surface area contributed by atoms with Crippen LogP contribution in [0.2, 0.25) is 0 Å². The van der Waals surface area contributed by atoms with Gasteiger partial charge >= 0.3 is 12.1 Å². The number of amides is 1. The highest BCUT2D eigenvalue weighted by molar-refractivity contribution is 5.67. The normalized spacial score (nSPS) is 9.22. The maximum Gasteiger partial charge on any atom is 0.407 e. The first-order valence-electron chi connectivity index (χ1n) is 6.56. The SMILES string of the molecule is CC.CC(=O)OCCOC(=O)NCCCC(C)C. The standard InChI is InChI=1S/C11H21NO4.C2H6/c1-9(2)5-4-6-12-11(14)16-8-7-15-10(3)13;1-2/h9H,4-8H2,1-3H3,(H,12,14);1-2H3. The first-order valence-corrected chi connectivity index (χ1v) is 6.56. The fourth-order valence-electron chi connectivity index (χ4n) is 1.07. The van der Waals surface area contributed by atoms with Crippen molar-refractivity contribution in [1.82, 2.24) is 5.32 Å². The van der Waals surface area contributed by atoms with Crippen LogP contribution in [-0.2, 0) is 14.3 Å². The van der Waals surface area contributed by atoms with Crippen LogP contribution in [0.1, 0.15) is 47.5 Å². The lowest BCUT2D eigenvalue weighted by Crippen LogP contribution is -2.27. The summed E-state index contributed by atoms with van der Waals surface area (Å²) < 4.78 is 9.38. The van der Waals surface area contributed by atoms with Gasteiger partial charge in [-0.2, -0.15) is 0 Å². The lowest BCUT2D eigenvalue weighted by Gasteiger charge is -2.07. The van der Waals surface area contributed by atoms with Crippen molar-refractivity contribution in [1.29, 1.82) is 0 Å². The number of carbonyl (C=O) groups is 2. The summed E-state index contributed by atoms with van der Waals surface area (Å²) in [4.78, 5) is 21.4. The van der Waals surface area contributed by atoms with E-state index in [9.17, 15) is 9.59 Å². The van der Waals surface area contributed by atoms with Crippen LogP contribution in [0.3, 0.4) is 0 Å². The average molecular weight is 261 g/mol. The molecule has 5 heteroatoms. The van der Waals surface area contributed by atoms with Crippen LogP contribution < -0.4 is 5.32 Å². The van der Waals surface area contributed by atoms with Gasteiger partial charge in [-0.15, -0.1) is 0 Å². The summed E-state index contributed by atoms with van der Waals surface area (Å²) in [5.74, 6) is 0.266. The molecule has 1 amide bonds. The third-order valence-electron chi connectivity index (χ3n) is 1.85. The largest absolute Gasteiger partial charge is 0.462 e. The van der Waals surface area contributed by atoms with Crippen molar-refractivity contribution < 1.29 is 19.1 Å². The highest BCUT2D eigenvalue weighted by Crippen LogP contribution is 2.01. The predicted molar refractivity (Wildman–Crippen MR) is 71.4 cm³/mol. The summed E-state index contributed by atoms with van der Waals surface area (Å²) in [6.45, 7) is 10.4. The van der Waals surface area contributed by atoms with Gasteiger partial charge in [0.2, 0.25) is 0 Å². The Morgan fingerprint density at radius 2 is 1.67 bits per heavy atom. The van der Waals surface area contributed by atoms with Gasteiger partial charge in [0.15, 0.2) is 0 Å². The second-order valence-corrected chi connectivity index (χ2v) is 3.94. The fourth-order valence-corrected chi connectivity index (χ4v) is 1.07. The molecular formula is C13H27NO4. The number of ether oxygens (including phenoxy) is 2. The molecule has 1 N–H and O–H groups in total. The lowest BCUT2D eigenvalue weighted by atomic mass is 10.1. The molecule has 0 saturated carbocycles. The van der Waals surface area contributed by atoms with Crippen molar-refractivity contribution >= 4 is 12.1 Å². The Balaban J connectivity index is 0. The van der Waals surface area contributed by atoms with Crippen molar-refractivity contribution in [3.63, 3.8) is 0 Å². The first kappa shape index (κ1) is 19.1. The topological polar surface area (TPSA) is 64.6 Å². The minimum Gasteiger partial charge on any atom is -0.462 e. The smallest absolute Gasteiger partial charge is 0.407 e. The van der Waals surface area contributed by atoms with Gasteiger partial charge in [-0.1, -0.05) is 27.7 Å². The molecule has 0 aromatic heterocycles. The van der Waals surface area contributed by atoms with E-state index in [2.05, 4.69) is 23.9 Å². The van der Waals surface area contributed by atoms with Gasteiger partial charge in [-0.05, 0) is 18.8 Å². The van der Waals surface area contributed by atoms with Gasteiger partial charge in [0.25, 0.3) is 0 Å². The number of nitrogens with one attached hydrogen (secondary N) is 1.